The highest BCUT2D eigenvalue weighted by molar-refractivity contribution is 14.0. The number of anilines is 1. The van der Waals surface area contributed by atoms with Crippen molar-refractivity contribution in [1.29, 1.82) is 0 Å². The van der Waals surface area contributed by atoms with Crippen molar-refractivity contribution in [3.8, 4) is 0 Å². The number of rotatable bonds is 4. The lowest BCUT2D eigenvalue weighted by atomic mass is 10.2. The summed E-state index contributed by atoms with van der Waals surface area (Å²) in [5.74, 6) is 1.37. The van der Waals surface area contributed by atoms with Gasteiger partial charge in [-0.1, -0.05) is 24.3 Å². The molecule has 0 saturated carbocycles. The second-order valence-corrected chi connectivity index (χ2v) is 6.51. The number of piperazine rings is 1. The summed E-state index contributed by atoms with van der Waals surface area (Å²) >= 11 is 0. The first-order chi connectivity index (χ1) is 13.3. The van der Waals surface area contributed by atoms with Crippen molar-refractivity contribution in [1.82, 2.24) is 19.9 Å². The second-order valence-electron chi connectivity index (χ2n) is 6.51. The third kappa shape index (κ3) is 4.86. The molecule has 8 heteroatoms. The molecule has 7 nitrogen and oxygen atoms in total. The maximum absolute atomic E-state index is 6.19. The number of para-hydroxylation sites is 1. The molecule has 0 radical (unpaired) electrons. The van der Waals surface area contributed by atoms with Gasteiger partial charge in [0.25, 0.3) is 0 Å². The van der Waals surface area contributed by atoms with Gasteiger partial charge in [0.2, 0.25) is 5.95 Å². The van der Waals surface area contributed by atoms with E-state index in [-0.39, 0.29) is 24.0 Å². The van der Waals surface area contributed by atoms with Gasteiger partial charge in [0.05, 0.1) is 5.52 Å². The number of fused-ring (bicyclic) bond motifs is 1. The van der Waals surface area contributed by atoms with Gasteiger partial charge in [0.15, 0.2) is 5.96 Å². The Kier molecular flexibility index (Phi) is 6.96. The number of halogens is 1. The molecular weight excluding hydrogens is 465 g/mol. The first-order valence-electron chi connectivity index (χ1n) is 9.21. The number of aliphatic imine (C=N–C) groups is 1. The predicted octanol–water partition coefficient (Wildman–Crippen LogP) is 2.32. The van der Waals surface area contributed by atoms with Crippen LogP contribution < -0.4 is 10.6 Å². The van der Waals surface area contributed by atoms with Gasteiger partial charge in [0.1, 0.15) is 0 Å². The molecule has 1 fully saturated rings. The summed E-state index contributed by atoms with van der Waals surface area (Å²) in [6.07, 6.45) is 4.32. The smallest absolute Gasteiger partial charge is 0.225 e. The van der Waals surface area contributed by atoms with Gasteiger partial charge >= 0.3 is 0 Å². The SMILES string of the molecule is I.NC(=NCCc1ccc2ccccc2n1)N1CCN(c2ncccn2)CC1. The number of nitrogens with zero attached hydrogens (tertiary/aromatic N) is 6. The maximum Gasteiger partial charge on any atom is 0.225 e. The molecule has 2 N–H and O–H groups in total. The van der Waals surface area contributed by atoms with Crippen LogP contribution in [-0.2, 0) is 6.42 Å². The quantitative estimate of drug-likeness (QED) is 0.344. The minimum Gasteiger partial charge on any atom is -0.370 e. The van der Waals surface area contributed by atoms with Crippen molar-refractivity contribution in [2.75, 3.05) is 37.6 Å². The van der Waals surface area contributed by atoms with Crippen LogP contribution in [0, 0.1) is 0 Å². The molecule has 1 saturated heterocycles. The van der Waals surface area contributed by atoms with Gasteiger partial charge in [-0.05, 0) is 18.2 Å². The Balaban J connectivity index is 0.00000225. The van der Waals surface area contributed by atoms with Crippen LogP contribution in [0.15, 0.2) is 59.9 Å². The topological polar surface area (TPSA) is 83.5 Å². The lowest BCUT2D eigenvalue weighted by molar-refractivity contribution is 0.378. The molecule has 2 aromatic heterocycles. The van der Waals surface area contributed by atoms with E-state index in [1.807, 2.05) is 24.3 Å². The molecule has 1 aliphatic heterocycles. The fourth-order valence-corrected chi connectivity index (χ4v) is 3.22. The Labute approximate surface area is 181 Å². The predicted molar refractivity (Wildman–Crippen MR) is 123 cm³/mol. The molecular formula is C20H24IN7. The first-order valence-corrected chi connectivity index (χ1v) is 9.21. The molecule has 28 heavy (non-hydrogen) atoms. The fourth-order valence-electron chi connectivity index (χ4n) is 3.22. The van der Waals surface area contributed by atoms with E-state index in [1.165, 1.54) is 0 Å². The lowest BCUT2D eigenvalue weighted by Gasteiger charge is -2.35. The molecule has 0 atom stereocenters. The van der Waals surface area contributed by atoms with E-state index < -0.39 is 0 Å². The number of pyridine rings is 1. The molecule has 0 bridgehead atoms. The Morgan fingerprint density at radius 3 is 2.50 bits per heavy atom. The van der Waals surface area contributed by atoms with Crippen LogP contribution in [0.2, 0.25) is 0 Å². The molecule has 1 aromatic carbocycles. The number of benzene rings is 1. The molecule has 146 valence electrons. The Morgan fingerprint density at radius 1 is 0.964 bits per heavy atom. The molecule has 1 aliphatic rings. The number of nitrogens with two attached hydrogens (primary N) is 1. The summed E-state index contributed by atoms with van der Waals surface area (Å²) in [7, 11) is 0. The normalized spacial score (nSPS) is 14.8. The van der Waals surface area contributed by atoms with E-state index in [1.54, 1.807) is 12.4 Å². The van der Waals surface area contributed by atoms with Crippen LogP contribution in [0.1, 0.15) is 5.69 Å². The molecule has 4 rings (SSSR count). The van der Waals surface area contributed by atoms with Crippen molar-refractivity contribution in [2.45, 2.75) is 6.42 Å². The number of aromatic nitrogens is 3. The second kappa shape index (κ2) is 9.63. The highest BCUT2D eigenvalue weighted by Gasteiger charge is 2.19. The van der Waals surface area contributed by atoms with Gasteiger partial charge in [-0.15, -0.1) is 24.0 Å². The maximum atomic E-state index is 6.19. The molecule has 0 amide bonds. The van der Waals surface area contributed by atoms with Gasteiger partial charge in [-0.2, -0.15) is 0 Å². The number of guanidine groups is 1. The number of hydrogen-bond acceptors (Lipinski definition) is 5. The standard InChI is InChI=1S/C20H23N7.HI/c21-19(26-12-14-27(15-13-26)20-23-9-3-10-24-20)22-11-8-17-7-6-16-4-1-2-5-18(16)25-17;/h1-7,9-10H,8,11-15H2,(H2,21,22);1H. The van der Waals surface area contributed by atoms with E-state index in [4.69, 9.17) is 5.73 Å². The Bertz CT molecular complexity index is 924. The number of hydrogen-bond donors (Lipinski definition) is 1. The summed E-state index contributed by atoms with van der Waals surface area (Å²) in [5.41, 5.74) is 8.25. The van der Waals surface area contributed by atoms with Crippen LogP contribution >= 0.6 is 24.0 Å². The Morgan fingerprint density at radius 2 is 1.71 bits per heavy atom. The summed E-state index contributed by atoms with van der Waals surface area (Å²) in [4.78, 5) is 22.1. The third-order valence-electron chi connectivity index (χ3n) is 4.74. The van der Waals surface area contributed by atoms with E-state index in [0.717, 1.165) is 55.1 Å². The van der Waals surface area contributed by atoms with Crippen LogP contribution in [0.5, 0.6) is 0 Å². The van der Waals surface area contributed by atoms with Crippen molar-refractivity contribution < 1.29 is 0 Å². The molecule has 3 aromatic rings. The Hall–Kier alpha value is -2.49. The highest BCUT2D eigenvalue weighted by atomic mass is 127. The largest absolute Gasteiger partial charge is 0.370 e. The van der Waals surface area contributed by atoms with E-state index in [0.29, 0.717) is 12.5 Å². The summed E-state index contributed by atoms with van der Waals surface area (Å²) < 4.78 is 0. The van der Waals surface area contributed by atoms with Crippen LogP contribution in [0.4, 0.5) is 5.95 Å². The minimum absolute atomic E-state index is 0. The third-order valence-corrected chi connectivity index (χ3v) is 4.74. The highest BCUT2D eigenvalue weighted by Crippen LogP contribution is 2.12. The van der Waals surface area contributed by atoms with E-state index >= 15 is 0 Å². The van der Waals surface area contributed by atoms with Gasteiger partial charge < -0.3 is 15.5 Å². The van der Waals surface area contributed by atoms with Crippen molar-refractivity contribution >= 4 is 46.8 Å². The van der Waals surface area contributed by atoms with E-state index in [2.05, 4.69) is 47.9 Å². The average Bonchev–Trinajstić information content (AvgIpc) is 2.74. The average molecular weight is 489 g/mol. The zero-order chi connectivity index (χ0) is 18.5. The van der Waals surface area contributed by atoms with Crippen LogP contribution in [0.3, 0.4) is 0 Å². The van der Waals surface area contributed by atoms with Gasteiger partial charge in [-0.3, -0.25) is 9.98 Å². The molecule has 3 heterocycles. The van der Waals surface area contributed by atoms with Gasteiger partial charge in [-0.25, -0.2) is 9.97 Å². The van der Waals surface area contributed by atoms with Crippen molar-refractivity contribution in [3.05, 3.63) is 60.6 Å². The monoisotopic (exact) mass is 489 g/mol. The molecule has 0 unspecified atom stereocenters. The first kappa shape index (κ1) is 20.2. The zero-order valence-electron chi connectivity index (χ0n) is 15.6. The molecule has 0 spiro atoms. The minimum atomic E-state index is 0. The van der Waals surface area contributed by atoms with E-state index in [9.17, 15) is 0 Å². The van der Waals surface area contributed by atoms with Crippen LogP contribution in [-0.4, -0.2) is 58.5 Å². The lowest BCUT2D eigenvalue weighted by Crippen LogP contribution is -2.51. The van der Waals surface area contributed by atoms with Crippen molar-refractivity contribution in [2.24, 2.45) is 10.7 Å². The zero-order valence-corrected chi connectivity index (χ0v) is 17.9. The van der Waals surface area contributed by atoms with Gasteiger partial charge in [0, 0.05) is 62.6 Å². The summed E-state index contributed by atoms with van der Waals surface area (Å²) in [5, 5.41) is 1.16. The summed E-state index contributed by atoms with van der Waals surface area (Å²) in [6.45, 7) is 3.96. The summed E-state index contributed by atoms with van der Waals surface area (Å²) in [6, 6.07) is 14.1. The van der Waals surface area contributed by atoms with Crippen LogP contribution in [0.25, 0.3) is 10.9 Å². The molecule has 0 aliphatic carbocycles. The van der Waals surface area contributed by atoms with Crippen molar-refractivity contribution in [3.63, 3.8) is 0 Å². The fraction of sp³-hybridized carbons (Fsp3) is 0.300.